The molecule has 0 aromatic carbocycles. The third-order valence-corrected chi connectivity index (χ3v) is 8.53. The molecule has 2 saturated carbocycles. The number of halogens is 1. The molecule has 0 N–H and O–H groups in total. The summed E-state index contributed by atoms with van der Waals surface area (Å²) in [4.78, 5) is 15.4. The highest BCUT2D eigenvalue weighted by Crippen LogP contribution is 2.62. The first kappa shape index (κ1) is 15.4. The minimum atomic E-state index is 0.0787. The van der Waals surface area contributed by atoms with Gasteiger partial charge in [0.15, 0.2) is 0 Å². The standard InChI is InChI=1S/C18H26ClNOS/c19-14-7-8-16(21)20-15(13-14)17(9-3-1-4-10-17)22-18(20)11-5-2-6-12-18/h13,15H,1-12H2/t15-/m0/s1. The van der Waals surface area contributed by atoms with Crippen molar-refractivity contribution < 1.29 is 4.79 Å². The molecule has 1 atom stereocenters. The number of carbonyl (C=O) groups excluding carboxylic acids is 1. The number of fused-ring (bicyclic) bond motifs is 3. The van der Waals surface area contributed by atoms with Gasteiger partial charge in [0.25, 0.3) is 0 Å². The molecule has 2 nitrogen and oxygen atoms in total. The van der Waals surface area contributed by atoms with Crippen LogP contribution in [0.15, 0.2) is 11.1 Å². The third kappa shape index (κ3) is 2.34. The summed E-state index contributed by atoms with van der Waals surface area (Å²) >= 11 is 8.64. The maximum Gasteiger partial charge on any atom is 0.224 e. The van der Waals surface area contributed by atoms with Gasteiger partial charge in [-0.2, -0.15) is 0 Å². The monoisotopic (exact) mass is 339 g/mol. The van der Waals surface area contributed by atoms with Crippen molar-refractivity contribution in [2.24, 2.45) is 0 Å². The Bertz CT molecular complexity index is 491. The number of allylic oxidation sites excluding steroid dienone is 1. The lowest BCUT2D eigenvalue weighted by Gasteiger charge is -2.42. The molecule has 4 heteroatoms. The number of rotatable bonds is 0. The van der Waals surface area contributed by atoms with Crippen LogP contribution in [0.2, 0.25) is 0 Å². The van der Waals surface area contributed by atoms with Gasteiger partial charge in [-0.3, -0.25) is 4.79 Å². The maximum absolute atomic E-state index is 13.0. The lowest BCUT2D eigenvalue weighted by Crippen LogP contribution is -2.52. The summed E-state index contributed by atoms with van der Waals surface area (Å²) in [6, 6.07) is 0.249. The highest BCUT2D eigenvalue weighted by atomic mass is 35.5. The lowest BCUT2D eigenvalue weighted by molar-refractivity contribution is -0.136. The normalized spacial score (nSPS) is 33.7. The van der Waals surface area contributed by atoms with Gasteiger partial charge in [-0.1, -0.05) is 50.1 Å². The first-order chi connectivity index (χ1) is 10.7. The predicted octanol–water partition coefficient (Wildman–Crippen LogP) is 5.21. The van der Waals surface area contributed by atoms with E-state index in [1.54, 1.807) is 0 Å². The number of hydrogen-bond acceptors (Lipinski definition) is 2. The van der Waals surface area contributed by atoms with Gasteiger partial charge in [0.1, 0.15) is 0 Å². The molecular formula is C18H26ClNOS. The number of thioether (sulfide) groups is 1. The highest BCUT2D eigenvalue weighted by Gasteiger charge is 2.61. The van der Waals surface area contributed by atoms with Crippen LogP contribution in [0.25, 0.3) is 0 Å². The van der Waals surface area contributed by atoms with Crippen LogP contribution in [0.5, 0.6) is 0 Å². The van der Waals surface area contributed by atoms with Crippen molar-refractivity contribution in [3.05, 3.63) is 11.1 Å². The van der Waals surface area contributed by atoms with Gasteiger partial charge >= 0.3 is 0 Å². The summed E-state index contributed by atoms with van der Waals surface area (Å²) in [5.74, 6) is 0.355. The molecule has 2 aliphatic carbocycles. The van der Waals surface area contributed by atoms with Crippen molar-refractivity contribution >= 4 is 29.3 Å². The second-order valence-electron chi connectivity index (χ2n) is 7.56. The molecule has 3 fully saturated rings. The van der Waals surface area contributed by atoms with Crippen molar-refractivity contribution in [3.63, 3.8) is 0 Å². The molecule has 4 rings (SSSR count). The van der Waals surface area contributed by atoms with E-state index in [0.29, 0.717) is 12.3 Å². The smallest absolute Gasteiger partial charge is 0.224 e. The quantitative estimate of drug-likeness (QED) is 0.603. The molecule has 2 spiro atoms. The molecular weight excluding hydrogens is 314 g/mol. The summed E-state index contributed by atoms with van der Waals surface area (Å²) in [6.45, 7) is 0. The zero-order valence-corrected chi connectivity index (χ0v) is 14.9. The van der Waals surface area contributed by atoms with Crippen LogP contribution >= 0.6 is 23.4 Å². The van der Waals surface area contributed by atoms with Gasteiger partial charge in [-0.15, -0.1) is 11.8 Å². The molecule has 0 unspecified atom stereocenters. The Kier molecular flexibility index (Phi) is 4.01. The van der Waals surface area contributed by atoms with Crippen LogP contribution in [0, 0.1) is 0 Å². The van der Waals surface area contributed by atoms with Crippen molar-refractivity contribution in [1.82, 2.24) is 4.90 Å². The molecule has 122 valence electrons. The summed E-state index contributed by atoms with van der Waals surface area (Å²) < 4.78 is 0.246. The highest BCUT2D eigenvalue weighted by molar-refractivity contribution is 8.02. The fourth-order valence-corrected chi connectivity index (χ4v) is 7.75. The average Bonchev–Trinajstić information content (AvgIpc) is 2.65. The number of amides is 1. The van der Waals surface area contributed by atoms with Crippen LogP contribution in [-0.4, -0.2) is 26.5 Å². The van der Waals surface area contributed by atoms with Gasteiger partial charge in [-0.25, -0.2) is 0 Å². The Morgan fingerprint density at radius 2 is 1.64 bits per heavy atom. The minimum Gasteiger partial charge on any atom is -0.320 e. The lowest BCUT2D eigenvalue weighted by atomic mass is 9.81. The summed E-state index contributed by atoms with van der Waals surface area (Å²) in [7, 11) is 0. The van der Waals surface area contributed by atoms with Crippen molar-refractivity contribution in [2.45, 2.75) is 92.7 Å². The van der Waals surface area contributed by atoms with E-state index in [9.17, 15) is 4.79 Å². The van der Waals surface area contributed by atoms with Crippen molar-refractivity contribution in [1.29, 1.82) is 0 Å². The Morgan fingerprint density at radius 1 is 1.00 bits per heavy atom. The summed E-state index contributed by atoms with van der Waals surface area (Å²) in [5, 5.41) is 0.916. The Hall–Kier alpha value is -0.150. The minimum absolute atomic E-state index is 0.0787. The number of nitrogens with zero attached hydrogens (tertiary/aromatic N) is 1. The van der Waals surface area contributed by atoms with E-state index in [1.165, 1.54) is 64.2 Å². The van der Waals surface area contributed by atoms with Gasteiger partial charge in [-0.05, 0) is 38.2 Å². The van der Waals surface area contributed by atoms with E-state index in [0.717, 1.165) is 11.5 Å². The molecule has 0 aromatic rings. The SMILES string of the molecule is O=C1CCC(Cl)=C[C@@H]2N1C1(CCCCC1)SC21CCCCC1. The number of hydrogen-bond donors (Lipinski definition) is 0. The van der Waals surface area contributed by atoms with E-state index in [-0.39, 0.29) is 15.7 Å². The molecule has 1 amide bonds. The molecule has 0 bridgehead atoms. The molecule has 0 aromatic heterocycles. The van der Waals surface area contributed by atoms with Crippen molar-refractivity contribution in [3.8, 4) is 0 Å². The van der Waals surface area contributed by atoms with Crippen LogP contribution < -0.4 is 0 Å². The molecule has 4 aliphatic rings. The molecule has 2 aliphatic heterocycles. The fourth-order valence-electron chi connectivity index (χ4n) is 5.18. The second-order valence-corrected chi connectivity index (χ2v) is 9.82. The van der Waals surface area contributed by atoms with Crippen LogP contribution in [0.4, 0.5) is 0 Å². The maximum atomic E-state index is 13.0. The third-order valence-electron chi connectivity index (χ3n) is 6.17. The number of carbonyl (C=O) groups is 1. The van der Waals surface area contributed by atoms with E-state index in [2.05, 4.69) is 22.7 Å². The zero-order chi connectivity index (χ0) is 15.2. The molecule has 0 radical (unpaired) electrons. The van der Waals surface area contributed by atoms with Crippen LogP contribution in [0.3, 0.4) is 0 Å². The van der Waals surface area contributed by atoms with E-state index in [1.807, 2.05) is 0 Å². The molecule has 2 heterocycles. The van der Waals surface area contributed by atoms with E-state index in [4.69, 9.17) is 11.6 Å². The van der Waals surface area contributed by atoms with Gasteiger partial charge in [0.2, 0.25) is 5.91 Å². The Balaban J connectivity index is 1.78. The van der Waals surface area contributed by atoms with Gasteiger partial charge < -0.3 is 4.90 Å². The first-order valence-corrected chi connectivity index (χ1v) is 10.2. The molecule has 1 saturated heterocycles. The predicted molar refractivity (Wildman–Crippen MR) is 93.0 cm³/mol. The zero-order valence-electron chi connectivity index (χ0n) is 13.3. The second kappa shape index (κ2) is 5.73. The van der Waals surface area contributed by atoms with E-state index < -0.39 is 0 Å². The van der Waals surface area contributed by atoms with Gasteiger partial charge in [0.05, 0.1) is 10.9 Å². The van der Waals surface area contributed by atoms with Crippen molar-refractivity contribution in [2.75, 3.05) is 0 Å². The average molecular weight is 340 g/mol. The Morgan fingerprint density at radius 3 is 2.32 bits per heavy atom. The largest absolute Gasteiger partial charge is 0.320 e. The molecule has 22 heavy (non-hydrogen) atoms. The van der Waals surface area contributed by atoms with Crippen LogP contribution in [-0.2, 0) is 4.79 Å². The fraction of sp³-hybridized carbons (Fsp3) is 0.833. The van der Waals surface area contributed by atoms with Crippen LogP contribution in [0.1, 0.15) is 77.0 Å². The first-order valence-electron chi connectivity index (χ1n) is 9.04. The Labute approximate surface area is 143 Å². The summed E-state index contributed by atoms with van der Waals surface area (Å²) in [6.07, 6.45) is 16.4. The van der Waals surface area contributed by atoms with Gasteiger partial charge in [0, 0.05) is 16.2 Å². The summed E-state index contributed by atoms with van der Waals surface area (Å²) in [5.41, 5.74) is 0. The topological polar surface area (TPSA) is 20.3 Å². The van der Waals surface area contributed by atoms with E-state index >= 15 is 0 Å².